The van der Waals surface area contributed by atoms with Gasteiger partial charge in [0.25, 0.3) is 0 Å². The van der Waals surface area contributed by atoms with Crippen molar-refractivity contribution in [2.24, 2.45) is 0 Å². The first-order chi connectivity index (χ1) is 12.6. The van der Waals surface area contributed by atoms with Gasteiger partial charge in [-0.15, -0.1) is 0 Å². The smallest absolute Gasteiger partial charge is 0.321 e. The summed E-state index contributed by atoms with van der Waals surface area (Å²) in [6.45, 7) is 4.34. The molecule has 0 saturated carbocycles. The quantitative estimate of drug-likeness (QED) is 0.462. The molecule has 0 aromatic carbocycles. The predicted molar refractivity (Wildman–Crippen MR) is 100.0 cm³/mol. The molecule has 8 heteroatoms. The minimum atomic E-state index is -0.365. The molecule has 0 radical (unpaired) electrons. The fourth-order valence-electron chi connectivity index (χ4n) is 1.94. The van der Waals surface area contributed by atoms with Crippen molar-refractivity contribution in [2.75, 3.05) is 18.5 Å². The van der Waals surface area contributed by atoms with Crippen LogP contribution in [-0.4, -0.2) is 35.1 Å². The number of hydrogen-bond donors (Lipinski definition) is 2. The van der Waals surface area contributed by atoms with Gasteiger partial charge in [0, 0.05) is 30.9 Å². The van der Waals surface area contributed by atoms with Gasteiger partial charge in [-0.25, -0.2) is 9.78 Å². The fourth-order valence-corrected chi connectivity index (χ4v) is 2.75. The van der Waals surface area contributed by atoms with E-state index in [0.717, 1.165) is 16.1 Å². The molecule has 2 rings (SSSR count). The van der Waals surface area contributed by atoms with Crippen LogP contribution in [-0.2, 0) is 9.53 Å². The van der Waals surface area contributed by atoms with Gasteiger partial charge in [-0.1, -0.05) is 17.3 Å². The summed E-state index contributed by atoms with van der Waals surface area (Å²) in [6.07, 6.45) is 4.16. The van der Waals surface area contributed by atoms with Crippen LogP contribution < -0.4 is 10.6 Å². The molecular formula is C18H20N4O3S. The number of aryl methyl sites for hydroxylation is 1. The third-order valence-corrected chi connectivity index (χ3v) is 4.15. The molecule has 2 N–H and O–H groups in total. The van der Waals surface area contributed by atoms with Crippen LogP contribution in [0.2, 0.25) is 0 Å². The lowest BCUT2D eigenvalue weighted by molar-refractivity contribution is -0.143. The number of rotatable bonds is 6. The van der Waals surface area contributed by atoms with E-state index in [1.54, 1.807) is 19.3 Å². The highest BCUT2D eigenvalue weighted by Crippen LogP contribution is 2.21. The number of amides is 2. The van der Waals surface area contributed by atoms with E-state index in [9.17, 15) is 9.59 Å². The summed E-state index contributed by atoms with van der Waals surface area (Å²) >= 11 is 1.31. The second kappa shape index (κ2) is 10.2. The zero-order valence-corrected chi connectivity index (χ0v) is 15.5. The SMILES string of the molecule is CCOC(=O)CCCNC(=O)Nc1nc(C)c(C#Cc2ccncc2)s1. The highest BCUT2D eigenvalue weighted by molar-refractivity contribution is 7.16. The van der Waals surface area contributed by atoms with E-state index >= 15 is 0 Å². The maximum absolute atomic E-state index is 11.9. The van der Waals surface area contributed by atoms with Crippen molar-refractivity contribution in [2.45, 2.75) is 26.7 Å². The number of ether oxygens (including phenoxy) is 1. The molecule has 7 nitrogen and oxygen atoms in total. The van der Waals surface area contributed by atoms with Crippen LogP contribution in [0.3, 0.4) is 0 Å². The van der Waals surface area contributed by atoms with Crippen molar-refractivity contribution in [3.8, 4) is 11.8 Å². The Hall–Kier alpha value is -2.92. The first-order valence-corrected chi connectivity index (χ1v) is 9.00. The molecule has 0 bridgehead atoms. The second-order valence-electron chi connectivity index (χ2n) is 5.21. The molecule has 0 spiro atoms. The molecule has 0 saturated heterocycles. The highest BCUT2D eigenvalue weighted by atomic mass is 32.1. The number of hydrogen-bond acceptors (Lipinski definition) is 6. The molecule has 2 heterocycles. The van der Waals surface area contributed by atoms with Crippen LogP contribution in [0, 0.1) is 18.8 Å². The Balaban J connectivity index is 1.82. The molecule has 26 heavy (non-hydrogen) atoms. The average molecular weight is 372 g/mol. The number of nitrogens with one attached hydrogen (secondary N) is 2. The van der Waals surface area contributed by atoms with Crippen LogP contribution >= 0.6 is 11.3 Å². The fraction of sp³-hybridized carbons (Fsp3) is 0.333. The summed E-state index contributed by atoms with van der Waals surface area (Å²) in [5.41, 5.74) is 1.62. The molecule has 0 atom stereocenters. The van der Waals surface area contributed by atoms with E-state index in [1.807, 2.05) is 19.1 Å². The van der Waals surface area contributed by atoms with Gasteiger partial charge >= 0.3 is 12.0 Å². The lowest BCUT2D eigenvalue weighted by Crippen LogP contribution is -2.29. The lowest BCUT2D eigenvalue weighted by atomic mass is 10.2. The lowest BCUT2D eigenvalue weighted by Gasteiger charge is -2.05. The van der Waals surface area contributed by atoms with Crippen molar-refractivity contribution in [1.82, 2.24) is 15.3 Å². The van der Waals surface area contributed by atoms with Gasteiger partial charge in [-0.05, 0) is 38.3 Å². The van der Waals surface area contributed by atoms with E-state index in [4.69, 9.17) is 4.74 Å². The maximum atomic E-state index is 11.9. The van der Waals surface area contributed by atoms with Crippen molar-refractivity contribution in [3.63, 3.8) is 0 Å². The van der Waals surface area contributed by atoms with E-state index in [2.05, 4.69) is 32.4 Å². The summed E-state index contributed by atoms with van der Waals surface area (Å²) in [6, 6.07) is 3.29. The third kappa shape index (κ3) is 6.53. The van der Waals surface area contributed by atoms with Crippen LogP contribution in [0.5, 0.6) is 0 Å². The number of anilines is 1. The number of pyridine rings is 1. The monoisotopic (exact) mass is 372 g/mol. The summed E-state index contributed by atoms with van der Waals surface area (Å²) in [4.78, 5) is 32.1. The van der Waals surface area contributed by atoms with E-state index in [1.165, 1.54) is 11.3 Å². The zero-order valence-electron chi connectivity index (χ0n) is 14.7. The number of thiazole rings is 1. The van der Waals surface area contributed by atoms with Crippen molar-refractivity contribution >= 4 is 28.5 Å². The summed E-state index contributed by atoms with van der Waals surface area (Å²) in [5.74, 6) is 5.83. The molecule has 0 aliphatic carbocycles. The third-order valence-electron chi connectivity index (χ3n) is 3.17. The van der Waals surface area contributed by atoms with Gasteiger partial charge in [-0.2, -0.15) is 0 Å². The number of nitrogens with zero attached hydrogens (tertiary/aromatic N) is 2. The number of carbonyl (C=O) groups excluding carboxylic acids is 2. The second-order valence-corrected chi connectivity index (χ2v) is 6.21. The van der Waals surface area contributed by atoms with E-state index in [0.29, 0.717) is 24.7 Å². The number of urea groups is 1. The first kappa shape index (κ1) is 19.4. The van der Waals surface area contributed by atoms with Crippen molar-refractivity contribution < 1.29 is 14.3 Å². The summed E-state index contributed by atoms with van der Waals surface area (Å²) in [7, 11) is 0. The van der Waals surface area contributed by atoms with Gasteiger partial charge in [0.1, 0.15) is 4.88 Å². The Kier molecular flexibility index (Phi) is 7.58. The molecule has 2 aromatic heterocycles. The molecule has 0 aliphatic rings. The Morgan fingerprint density at radius 3 is 2.77 bits per heavy atom. The van der Waals surface area contributed by atoms with E-state index in [-0.39, 0.29) is 18.4 Å². The van der Waals surface area contributed by atoms with Gasteiger partial charge in [-0.3, -0.25) is 15.1 Å². The minimum absolute atomic E-state index is 0.261. The van der Waals surface area contributed by atoms with Gasteiger partial charge in [0.05, 0.1) is 12.3 Å². The maximum Gasteiger partial charge on any atom is 0.321 e. The molecule has 0 aliphatic heterocycles. The summed E-state index contributed by atoms with van der Waals surface area (Å²) < 4.78 is 4.82. The highest BCUT2D eigenvalue weighted by Gasteiger charge is 2.09. The van der Waals surface area contributed by atoms with Gasteiger partial charge in [0.2, 0.25) is 0 Å². The standard InChI is InChI=1S/C18H20N4O3S/c1-3-25-16(23)5-4-10-20-17(24)22-18-21-13(2)15(26-18)7-6-14-8-11-19-12-9-14/h8-9,11-12H,3-5,10H2,1-2H3,(H2,20,21,22,24). The van der Waals surface area contributed by atoms with Crippen LogP contribution in [0.4, 0.5) is 9.93 Å². The van der Waals surface area contributed by atoms with Crippen LogP contribution in [0.15, 0.2) is 24.5 Å². The van der Waals surface area contributed by atoms with Gasteiger partial charge in [0.15, 0.2) is 5.13 Å². The first-order valence-electron chi connectivity index (χ1n) is 8.18. The summed E-state index contributed by atoms with van der Waals surface area (Å²) in [5, 5.41) is 5.84. The minimum Gasteiger partial charge on any atom is -0.466 e. The van der Waals surface area contributed by atoms with E-state index < -0.39 is 0 Å². The molecule has 136 valence electrons. The Morgan fingerprint density at radius 1 is 1.27 bits per heavy atom. The van der Waals surface area contributed by atoms with Crippen LogP contribution in [0.1, 0.15) is 35.9 Å². The normalized spacial score (nSPS) is 9.77. The van der Waals surface area contributed by atoms with Crippen LogP contribution in [0.25, 0.3) is 0 Å². The zero-order chi connectivity index (χ0) is 18.8. The van der Waals surface area contributed by atoms with Crippen molar-refractivity contribution in [3.05, 3.63) is 40.7 Å². The van der Waals surface area contributed by atoms with Gasteiger partial charge < -0.3 is 10.1 Å². The Morgan fingerprint density at radius 2 is 2.04 bits per heavy atom. The average Bonchev–Trinajstić information content (AvgIpc) is 2.97. The molecule has 2 amide bonds. The van der Waals surface area contributed by atoms with Crippen molar-refractivity contribution in [1.29, 1.82) is 0 Å². The number of carbonyl (C=O) groups is 2. The largest absolute Gasteiger partial charge is 0.466 e. The molecule has 0 unspecified atom stereocenters. The topological polar surface area (TPSA) is 93.2 Å². The Bertz CT molecular complexity index is 809. The molecule has 0 fully saturated rings. The molecular weight excluding hydrogens is 352 g/mol. The molecule has 2 aromatic rings. The Labute approximate surface area is 156 Å². The number of esters is 1. The number of aromatic nitrogens is 2. The predicted octanol–water partition coefficient (Wildman–Crippen LogP) is 2.71.